The smallest absolute Gasteiger partial charge is 0.213 e. The fraction of sp³-hybridized carbons (Fsp3) is 0.500. The summed E-state index contributed by atoms with van der Waals surface area (Å²) in [6.07, 6.45) is 2.75. The van der Waals surface area contributed by atoms with Gasteiger partial charge in [0.25, 0.3) is 0 Å². The summed E-state index contributed by atoms with van der Waals surface area (Å²) in [5.74, 6) is 0.677. The van der Waals surface area contributed by atoms with Crippen LogP contribution in [0.4, 0.5) is 0 Å². The van der Waals surface area contributed by atoms with Gasteiger partial charge in [-0.1, -0.05) is 6.07 Å². The molecule has 0 saturated heterocycles. The topological polar surface area (TPSA) is 47.0 Å². The van der Waals surface area contributed by atoms with Crippen LogP contribution in [0.2, 0.25) is 0 Å². The monoisotopic (exact) mass is 305 g/mol. The first kappa shape index (κ1) is 15.9. The standard InChI is InChI=1S/C16H23N3OS/c1-12-14(21-11-18-12)7-8-20-15-6-5-13(9-17-15)10-19-16(2,3)4/h5-6,9,11,19H,7-8,10H2,1-4H3. The second-order valence-electron chi connectivity index (χ2n) is 6.07. The number of nitrogens with one attached hydrogen (secondary N) is 1. The van der Waals surface area contributed by atoms with Gasteiger partial charge >= 0.3 is 0 Å². The van der Waals surface area contributed by atoms with E-state index in [1.165, 1.54) is 4.88 Å². The van der Waals surface area contributed by atoms with Crippen LogP contribution < -0.4 is 10.1 Å². The molecule has 0 fully saturated rings. The number of thiazole rings is 1. The van der Waals surface area contributed by atoms with Gasteiger partial charge in [0.15, 0.2) is 0 Å². The van der Waals surface area contributed by atoms with E-state index >= 15 is 0 Å². The van der Waals surface area contributed by atoms with E-state index in [0.717, 1.165) is 24.2 Å². The average molecular weight is 305 g/mol. The van der Waals surface area contributed by atoms with Crippen molar-refractivity contribution in [3.8, 4) is 5.88 Å². The molecule has 4 nitrogen and oxygen atoms in total. The molecule has 0 radical (unpaired) electrons. The van der Waals surface area contributed by atoms with Crippen molar-refractivity contribution >= 4 is 11.3 Å². The van der Waals surface area contributed by atoms with Gasteiger partial charge in [-0.3, -0.25) is 0 Å². The first-order valence-electron chi connectivity index (χ1n) is 7.16. The van der Waals surface area contributed by atoms with Crippen LogP contribution in [0, 0.1) is 6.92 Å². The van der Waals surface area contributed by atoms with Crippen LogP contribution >= 0.6 is 11.3 Å². The van der Waals surface area contributed by atoms with Crippen molar-refractivity contribution in [3.63, 3.8) is 0 Å². The van der Waals surface area contributed by atoms with E-state index in [1.807, 2.05) is 24.7 Å². The Hall–Kier alpha value is -1.46. The Balaban J connectivity index is 1.78. The molecule has 0 unspecified atom stereocenters. The molecule has 0 aromatic carbocycles. The number of hydrogen-bond acceptors (Lipinski definition) is 5. The Labute approximate surface area is 130 Å². The maximum Gasteiger partial charge on any atom is 0.213 e. The average Bonchev–Trinajstić information content (AvgIpc) is 2.83. The van der Waals surface area contributed by atoms with Crippen LogP contribution in [0.1, 0.15) is 36.9 Å². The minimum absolute atomic E-state index is 0.113. The lowest BCUT2D eigenvalue weighted by molar-refractivity contribution is 0.310. The highest BCUT2D eigenvalue weighted by Gasteiger charge is 2.08. The molecule has 0 amide bonds. The van der Waals surface area contributed by atoms with Crippen LogP contribution in [0.25, 0.3) is 0 Å². The molecule has 2 heterocycles. The number of pyridine rings is 1. The van der Waals surface area contributed by atoms with Crippen molar-refractivity contribution < 1.29 is 4.74 Å². The second kappa shape index (κ2) is 7.00. The first-order chi connectivity index (χ1) is 9.94. The van der Waals surface area contributed by atoms with Crippen molar-refractivity contribution in [1.82, 2.24) is 15.3 Å². The van der Waals surface area contributed by atoms with Gasteiger partial charge in [0.05, 0.1) is 17.8 Å². The SMILES string of the molecule is Cc1ncsc1CCOc1ccc(CNC(C)(C)C)cn1. The molecule has 1 N–H and O–H groups in total. The lowest BCUT2D eigenvalue weighted by Gasteiger charge is -2.20. The molecule has 2 aromatic rings. The third-order valence-corrected chi connectivity index (χ3v) is 4.04. The van der Waals surface area contributed by atoms with E-state index in [-0.39, 0.29) is 5.54 Å². The van der Waals surface area contributed by atoms with Crippen molar-refractivity contribution in [2.45, 2.75) is 46.2 Å². The molecule has 0 bridgehead atoms. The predicted octanol–water partition coefficient (Wildman–Crippen LogP) is 3.36. The zero-order valence-corrected chi connectivity index (χ0v) is 14.0. The highest BCUT2D eigenvalue weighted by molar-refractivity contribution is 7.09. The Morgan fingerprint density at radius 1 is 1.24 bits per heavy atom. The number of nitrogens with zero attached hydrogens (tertiary/aromatic N) is 2. The van der Waals surface area contributed by atoms with E-state index in [9.17, 15) is 0 Å². The Morgan fingerprint density at radius 2 is 2.05 bits per heavy atom. The summed E-state index contributed by atoms with van der Waals surface area (Å²) >= 11 is 1.68. The second-order valence-corrected chi connectivity index (χ2v) is 7.01. The van der Waals surface area contributed by atoms with Crippen LogP contribution in [0.15, 0.2) is 23.8 Å². The number of hydrogen-bond donors (Lipinski definition) is 1. The van der Waals surface area contributed by atoms with E-state index in [4.69, 9.17) is 4.74 Å². The van der Waals surface area contributed by atoms with Gasteiger partial charge in [0.2, 0.25) is 5.88 Å². The molecule has 0 atom stereocenters. The summed E-state index contributed by atoms with van der Waals surface area (Å²) in [5, 5.41) is 3.44. The molecular formula is C16H23N3OS. The Bertz CT molecular complexity index is 558. The molecule has 0 aliphatic heterocycles. The molecule has 0 aliphatic rings. The molecule has 21 heavy (non-hydrogen) atoms. The third-order valence-electron chi connectivity index (χ3n) is 3.04. The lowest BCUT2D eigenvalue weighted by Crippen LogP contribution is -2.35. The maximum absolute atomic E-state index is 5.68. The highest BCUT2D eigenvalue weighted by Crippen LogP contribution is 2.14. The summed E-state index contributed by atoms with van der Waals surface area (Å²) in [6, 6.07) is 3.98. The molecular weight excluding hydrogens is 282 g/mol. The molecule has 0 spiro atoms. The molecule has 0 aliphatic carbocycles. The van der Waals surface area contributed by atoms with Crippen LogP contribution in [-0.4, -0.2) is 22.1 Å². The molecule has 0 saturated carbocycles. The van der Waals surface area contributed by atoms with Crippen molar-refractivity contribution in [3.05, 3.63) is 40.0 Å². The van der Waals surface area contributed by atoms with E-state index in [0.29, 0.717) is 12.5 Å². The predicted molar refractivity (Wildman–Crippen MR) is 86.9 cm³/mol. The summed E-state index contributed by atoms with van der Waals surface area (Å²) in [6.45, 7) is 9.94. The zero-order valence-electron chi connectivity index (χ0n) is 13.1. The Morgan fingerprint density at radius 3 is 2.62 bits per heavy atom. The number of aromatic nitrogens is 2. The van der Waals surface area contributed by atoms with Crippen LogP contribution in [0.3, 0.4) is 0 Å². The number of ether oxygens (including phenoxy) is 1. The normalized spacial score (nSPS) is 11.6. The largest absolute Gasteiger partial charge is 0.477 e. The summed E-state index contributed by atoms with van der Waals surface area (Å²) < 4.78 is 5.68. The molecule has 5 heteroatoms. The fourth-order valence-electron chi connectivity index (χ4n) is 1.78. The van der Waals surface area contributed by atoms with Crippen molar-refractivity contribution in [1.29, 1.82) is 0 Å². The van der Waals surface area contributed by atoms with Crippen LogP contribution in [-0.2, 0) is 13.0 Å². The van der Waals surface area contributed by atoms with Crippen LogP contribution in [0.5, 0.6) is 5.88 Å². The molecule has 2 aromatic heterocycles. The van der Waals surface area contributed by atoms with E-state index in [2.05, 4.69) is 42.1 Å². The van der Waals surface area contributed by atoms with E-state index < -0.39 is 0 Å². The minimum Gasteiger partial charge on any atom is -0.477 e. The van der Waals surface area contributed by atoms with Gasteiger partial charge in [-0.05, 0) is 33.3 Å². The van der Waals surface area contributed by atoms with Gasteiger partial charge in [-0.15, -0.1) is 11.3 Å². The van der Waals surface area contributed by atoms with Gasteiger partial charge in [-0.2, -0.15) is 0 Å². The van der Waals surface area contributed by atoms with Gasteiger partial charge in [0, 0.05) is 35.6 Å². The van der Waals surface area contributed by atoms with Crippen molar-refractivity contribution in [2.75, 3.05) is 6.61 Å². The van der Waals surface area contributed by atoms with Gasteiger partial charge in [-0.25, -0.2) is 9.97 Å². The summed E-state index contributed by atoms with van der Waals surface area (Å²) in [5.41, 5.74) is 4.25. The first-order valence-corrected chi connectivity index (χ1v) is 8.04. The fourth-order valence-corrected chi connectivity index (χ4v) is 2.55. The zero-order chi connectivity index (χ0) is 15.3. The quantitative estimate of drug-likeness (QED) is 0.889. The highest BCUT2D eigenvalue weighted by atomic mass is 32.1. The van der Waals surface area contributed by atoms with Crippen molar-refractivity contribution in [2.24, 2.45) is 0 Å². The third kappa shape index (κ3) is 5.44. The maximum atomic E-state index is 5.68. The summed E-state index contributed by atoms with van der Waals surface area (Å²) in [4.78, 5) is 9.86. The van der Waals surface area contributed by atoms with E-state index in [1.54, 1.807) is 11.3 Å². The molecule has 2 rings (SSSR count). The summed E-state index contributed by atoms with van der Waals surface area (Å²) in [7, 11) is 0. The minimum atomic E-state index is 0.113. The lowest BCUT2D eigenvalue weighted by atomic mass is 10.1. The molecule has 114 valence electrons. The number of aryl methyl sites for hydroxylation is 1. The Kier molecular flexibility index (Phi) is 5.31. The number of rotatable bonds is 6. The van der Waals surface area contributed by atoms with Gasteiger partial charge < -0.3 is 10.1 Å². The van der Waals surface area contributed by atoms with Gasteiger partial charge in [0.1, 0.15) is 0 Å².